The van der Waals surface area contributed by atoms with Gasteiger partial charge in [0.05, 0.1) is 12.8 Å². The molecule has 0 unspecified atom stereocenters. The van der Waals surface area contributed by atoms with E-state index in [4.69, 9.17) is 9.47 Å². The van der Waals surface area contributed by atoms with Crippen LogP contribution >= 0.6 is 11.3 Å². The van der Waals surface area contributed by atoms with E-state index in [-0.39, 0.29) is 25.0 Å². The van der Waals surface area contributed by atoms with Gasteiger partial charge in [0.15, 0.2) is 18.1 Å². The highest BCUT2D eigenvalue weighted by Gasteiger charge is 2.17. The maximum atomic E-state index is 13.3. The molecule has 2 aromatic carbocycles. The Bertz CT molecular complexity index is 1720. The van der Waals surface area contributed by atoms with Gasteiger partial charge in [0.2, 0.25) is 0 Å². The van der Waals surface area contributed by atoms with Gasteiger partial charge >= 0.3 is 0 Å². The van der Waals surface area contributed by atoms with Crippen molar-refractivity contribution in [2.45, 2.75) is 13.0 Å². The van der Waals surface area contributed by atoms with Crippen molar-refractivity contribution in [2.75, 3.05) is 20.3 Å². The van der Waals surface area contributed by atoms with Crippen LogP contribution in [0.1, 0.15) is 21.6 Å². The number of hydrogen-bond donors (Lipinski definition) is 2. The number of hydrogen-bond acceptors (Lipinski definition) is 8. The van der Waals surface area contributed by atoms with Gasteiger partial charge in [-0.1, -0.05) is 0 Å². The Morgan fingerprint density at radius 1 is 1.17 bits per heavy atom. The summed E-state index contributed by atoms with van der Waals surface area (Å²) < 4.78 is 13.1. The van der Waals surface area contributed by atoms with E-state index in [2.05, 4.69) is 25.6 Å². The van der Waals surface area contributed by atoms with E-state index < -0.39 is 0 Å². The van der Waals surface area contributed by atoms with Crippen LogP contribution < -0.4 is 20.1 Å². The van der Waals surface area contributed by atoms with Crippen LogP contribution in [0.3, 0.4) is 0 Å². The molecule has 0 aliphatic carbocycles. The predicted molar refractivity (Wildman–Crippen MR) is 154 cm³/mol. The normalized spacial score (nSPS) is 12.6. The first-order valence-corrected chi connectivity index (χ1v) is 13.8. The molecule has 2 amide bonds. The Morgan fingerprint density at radius 2 is 2.10 bits per heavy atom. The minimum absolute atomic E-state index is 0.180. The number of nitrogens with zero attached hydrogens (tertiary/aromatic N) is 4. The molecular formula is C30H26N6O4S. The molecule has 0 saturated heterocycles. The molecule has 0 fully saturated rings. The van der Waals surface area contributed by atoms with Gasteiger partial charge in [-0.3, -0.25) is 19.1 Å². The second-order valence-electron chi connectivity index (χ2n) is 9.33. The number of thiazole rings is 1. The number of benzene rings is 2. The summed E-state index contributed by atoms with van der Waals surface area (Å²) in [6, 6.07) is 14.8. The largest absolute Gasteiger partial charge is 0.493 e. The summed E-state index contributed by atoms with van der Waals surface area (Å²) in [6.45, 7) is 0.471. The molecule has 0 spiro atoms. The zero-order chi connectivity index (χ0) is 28.2. The number of amides is 2. The van der Waals surface area contributed by atoms with Gasteiger partial charge in [0, 0.05) is 72.1 Å². The Morgan fingerprint density at radius 3 is 2.95 bits per heavy atom. The molecule has 0 radical (unpaired) electrons. The highest BCUT2D eigenvalue weighted by atomic mass is 32.1. The van der Waals surface area contributed by atoms with E-state index in [1.54, 1.807) is 55.2 Å². The lowest BCUT2D eigenvalue weighted by Crippen LogP contribution is -2.29. The Hall–Kier alpha value is -5.03. The molecule has 1 aliphatic rings. The minimum Gasteiger partial charge on any atom is -0.493 e. The van der Waals surface area contributed by atoms with E-state index >= 15 is 0 Å². The highest BCUT2D eigenvalue weighted by Crippen LogP contribution is 2.33. The van der Waals surface area contributed by atoms with Gasteiger partial charge in [-0.2, -0.15) is 0 Å². The fraction of sp³-hybridized carbons (Fsp3) is 0.167. The van der Waals surface area contributed by atoms with Crippen LogP contribution in [-0.2, 0) is 17.8 Å². The number of fused-ring (bicyclic) bond motifs is 7. The van der Waals surface area contributed by atoms with Crippen LogP contribution in [0.4, 0.5) is 0 Å². The fourth-order valence-corrected chi connectivity index (χ4v) is 5.39. The van der Waals surface area contributed by atoms with E-state index in [0.717, 1.165) is 33.1 Å². The van der Waals surface area contributed by atoms with E-state index in [0.29, 0.717) is 35.9 Å². The van der Waals surface area contributed by atoms with Crippen molar-refractivity contribution in [3.8, 4) is 39.1 Å². The highest BCUT2D eigenvalue weighted by molar-refractivity contribution is 7.13. The third-order valence-electron chi connectivity index (χ3n) is 6.56. The minimum atomic E-state index is -0.292. The van der Waals surface area contributed by atoms with Crippen LogP contribution in [0, 0.1) is 0 Å². The number of nitrogens with one attached hydrogen (secondary N) is 2. The quantitative estimate of drug-likeness (QED) is 0.318. The number of imidazole rings is 1. The second kappa shape index (κ2) is 11.6. The van der Waals surface area contributed by atoms with Crippen molar-refractivity contribution in [1.29, 1.82) is 0 Å². The zero-order valence-electron chi connectivity index (χ0n) is 22.2. The van der Waals surface area contributed by atoms with Gasteiger partial charge < -0.3 is 20.1 Å². The molecule has 10 nitrogen and oxygen atoms in total. The molecule has 0 saturated carbocycles. The molecule has 41 heavy (non-hydrogen) atoms. The fourth-order valence-electron chi connectivity index (χ4n) is 4.55. The molecule has 2 N–H and O–H groups in total. The lowest BCUT2D eigenvalue weighted by molar-refractivity contribution is -0.123. The van der Waals surface area contributed by atoms with Crippen molar-refractivity contribution in [3.05, 3.63) is 95.5 Å². The van der Waals surface area contributed by atoms with Crippen LogP contribution in [0.25, 0.3) is 27.6 Å². The molecule has 5 aromatic rings. The maximum absolute atomic E-state index is 13.3. The molecule has 0 atom stereocenters. The first-order chi connectivity index (χ1) is 20.1. The van der Waals surface area contributed by atoms with Crippen molar-refractivity contribution in [1.82, 2.24) is 30.2 Å². The van der Waals surface area contributed by atoms with Crippen molar-refractivity contribution in [3.63, 3.8) is 0 Å². The molecule has 6 rings (SSSR count). The van der Waals surface area contributed by atoms with Crippen LogP contribution in [0.15, 0.2) is 78.7 Å². The zero-order valence-corrected chi connectivity index (χ0v) is 23.0. The topological polar surface area (TPSA) is 120 Å². The standard InChI is InChI=1S/C30H26N6O4S/c1-39-25-5-4-20-14-26(25)40-17-27(37)34-15-19-11-22(13-24(12-19)36-10-9-32-28(20)36)29(38)33-8-6-23-18-41-30(35-23)21-3-2-7-31-16-21/h2-5,7,9-14,16,18H,6,8,15,17H2,1H3,(H,33,38)(H,34,37). The SMILES string of the molecule is COc1ccc2cc1OCC(=O)NCc1cc(C(=O)NCCc3csc(-c4cccnc4)n3)cc(c1)-n1ccnc1-2. The molecular weight excluding hydrogens is 540 g/mol. The van der Waals surface area contributed by atoms with Gasteiger partial charge in [0.1, 0.15) is 10.8 Å². The number of aromatic nitrogens is 4. The predicted octanol–water partition coefficient (Wildman–Crippen LogP) is 4.05. The van der Waals surface area contributed by atoms with E-state index in [1.165, 1.54) is 0 Å². The summed E-state index contributed by atoms with van der Waals surface area (Å²) in [5, 5.41) is 8.77. The molecule has 4 bridgehead atoms. The number of carbonyl (C=O) groups excluding carboxylic acids is 2. The third-order valence-corrected chi connectivity index (χ3v) is 7.50. The summed E-state index contributed by atoms with van der Waals surface area (Å²) in [7, 11) is 1.55. The third kappa shape index (κ3) is 5.80. The summed E-state index contributed by atoms with van der Waals surface area (Å²) in [5.74, 6) is 1.10. The number of pyridine rings is 1. The van der Waals surface area contributed by atoms with E-state index in [9.17, 15) is 9.59 Å². The van der Waals surface area contributed by atoms with Gasteiger partial charge in [-0.15, -0.1) is 11.3 Å². The molecule has 4 heterocycles. The van der Waals surface area contributed by atoms with Gasteiger partial charge in [0.25, 0.3) is 11.8 Å². The number of rotatable bonds is 6. The van der Waals surface area contributed by atoms with E-state index in [1.807, 2.05) is 46.5 Å². The number of carbonyl (C=O) groups is 2. The Kier molecular flexibility index (Phi) is 7.42. The summed E-state index contributed by atoms with van der Waals surface area (Å²) in [6.07, 6.45) is 7.65. The monoisotopic (exact) mass is 566 g/mol. The number of methoxy groups -OCH3 is 1. The Balaban J connectivity index is 1.25. The smallest absolute Gasteiger partial charge is 0.258 e. The lowest BCUT2D eigenvalue weighted by atomic mass is 10.1. The molecule has 206 valence electrons. The first-order valence-electron chi connectivity index (χ1n) is 13.0. The van der Waals surface area contributed by atoms with Gasteiger partial charge in [-0.05, 0) is 54.1 Å². The maximum Gasteiger partial charge on any atom is 0.258 e. The molecule has 1 aliphatic heterocycles. The molecule has 11 heteroatoms. The first kappa shape index (κ1) is 26.2. The van der Waals surface area contributed by atoms with Crippen LogP contribution in [0.5, 0.6) is 11.5 Å². The lowest BCUT2D eigenvalue weighted by Gasteiger charge is -2.14. The van der Waals surface area contributed by atoms with Gasteiger partial charge in [-0.25, -0.2) is 9.97 Å². The summed E-state index contributed by atoms with van der Waals surface area (Å²) >= 11 is 1.55. The van der Waals surface area contributed by atoms with Crippen molar-refractivity contribution >= 4 is 23.2 Å². The second-order valence-corrected chi connectivity index (χ2v) is 10.2. The average molecular weight is 567 g/mol. The molecule has 3 aromatic heterocycles. The number of ether oxygens (including phenoxy) is 2. The van der Waals surface area contributed by atoms with Crippen LogP contribution in [-0.4, -0.2) is 51.6 Å². The summed E-state index contributed by atoms with van der Waals surface area (Å²) in [5.41, 5.74) is 4.63. The van der Waals surface area contributed by atoms with Crippen LogP contribution in [0.2, 0.25) is 0 Å². The van der Waals surface area contributed by atoms with Crippen molar-refractivity contribution < 1.29 is 19.1 Å². The van der Waals surface area contributed by atoms with Crippen molar-refractivity contribution in [2.24, 2.45) is 0 Å². The summed E-state index contributed by atoms with van der Waals surface area (Å²) in [4.78, 5) is 39.2. The Labute approximate surface area is 240 Å². The average Bonchev–Trinajstić information content (AvgIpc) is 3.69.